The van der Waals surface area contributed by atoms with Crippen LogP contribution in [0.15, 0.2) is 36.4 Å². The molecule has 0 bridgehead atoms. The highest BCUT2D eigenvalue weighted by atomic mass is 16.6. The highest BCUT2D eigenvalue weighted by Gasteiger charge is 2.27. The molecule has 0 radical (unpaired) electrons. The number of hydrogen-bond donors (Lipinski definition) is 0. The molecule has 8 nitrogen and oxygen atoms in total. The fourth-order valence-corrected chi connectivity index (χ4v) is 2.91. The molecule has 0 unspecified atom stereocenters. The number of nitro benzene ring substituents is 2. The Balaban J connectivity index is 2.25. The van der Waals surface area contributed by atoms with E-state index in [2.05, 4.69) is 0 Å². The van der Waals surface area contributed by atoms with Crippen LogP contribution >= 0.6 is 0 Å². The first-order chi connectivity index (χ1) is 11.4. The summed E-state index contributed by atoms with van der Waals surface area (Å²) in [6.07, 6.45) is 1.17. The number of rotatable bonds is 2. The van der Waals surface area contributed by atoms with Gasteiger partial charge in [-0.3, -0.25) is 29.9 Å². The molecule has 0 aromatic heterocycles. The fourth-order valence-electron chi connectivity index (χ4n) is 2.91. The van der Waals surface area contributed by atoms with Gasteiger partial charge in [0.05, 0.1) is 21.2 Å². The molecule has 0 saturated carbocycles. The Morgan fingerprint density at radius 2 is 1.33 bits per heavy atom. The molecule has 0 spiro atoms. The van der Waals surface area contributed by atoms with Gasteiger partial charge in [-0.05, 0) is 24.0 Å². The molecule has 2 aromatic carbocycles. The van der Waals surface area contributed by atoms with Crippen LogP contribution in [0.5, 0.6) is 0 Å². The van der Waals surface area contributed by atoms with Crippen molar-refractivity contribution in [2.75, 3.05) is 4.90 Å². The van der Waals surface area contributed by atoms with Crippen molar-refractivity contribution in [3.8, 4) is 0 Å². The van der Waals surface area contributed by atoms with Gasteiger partial charge in [0.1, 0.15) is 0 Å². The zero-order valence-corrected chi connectivity index (χ0v) is 12.8. The Labute approximate surface area is 136 Å². The predicted octanol–water partition coefficient (Wildman–Crippen LogP) is 3.29. The summed E-state index contributed by atoms with van der Waals surface area (Å²) in [6.45, 7) is 1.33. The molecular weight excluding hydrogens is 314 g/mol. The number of non-ortho nitro benzene ring substituents is 2. The van der Waals surface area contributed by atoms with Gasteiger partial charge >= 0.3 is 0 Å². The number of fused-ring (bicyclic) bond motifs is 2. The van der Waals surface area contributed by atoms with Crippen LogP contribution in [0.4, 0.5) is 22.7 Å². The minimum atomic E-state index is -0.530. The van der Waals surface area contributed by atoms with Crippen LogP contribution in [0.1, 0.15) is 18.1 Å². The van der Waals surface area contributed by atoms with Crippen molar-refractivity contribution in [2.45, 2.75) is 19.8 Å². The Morgan fingerprint density at radius 3 is 1.67 bits per heavy atom. The lowest BCUT2D eigenvalue weighted by Gasteiger charge is -2.23. The number of carbonyl (C=O) groups excluding carboxylic acids is 1. The maximum atomic E-state index is 12.2. The second-order valence-electron chi connectivity index (χ2n) is 5.49. The highest BCUT2D eigenvalue weighted by molar-refractivity contribution is 6.01. The zero-order chi connectivity index (χ0) is 17.4. The van der Waals surface area contributed by atoms with Crippen molar-refractivity contribution in [1.82, 2.24) is 0 Å². The van der Waals surface area contributed by atoms with Crippen LogP contribution in [0.25, 0.3) is 0 Å². The molecule has 8 heteroatoms. The lowest BCUT2D eigenvalue weighted by molar-refractivity contribution is -0.384. The van der Waals surface area contributed by atoms with E-state index in [1.165, 1.54) is 36.1 Å². The molecule has 2 aromatic rings. The maximum Gasteiger partial charge on any atom is 0.271 e. The van der Waals surface area contributed by atoms with Crippen LogP contribution in [-0.4, -0.2) is 15.8 Å². The van der Waals surface area contributed by atoms with E-state index in [1.807, 2.05) is 0 Å². The number of nitro groups is 2. The van der Waals surface area contributed by atoms with Crippen LogP contribution in [-0.2, 0) is 17.6 Å². The molecule has 1 heterocycles. The third kappa shape index (κ3) is 2.58. The fraction of sp³-hybridized carbons (Fsp3) is 0.188. The van der Waals surface area contributed by atoms with Crippen molar-refractivity contribution in [2.24, 2.45) is 0 Å². The summed E-state index contributed by atoms with van der Waals surface area (Å²) in [6, 6.07) is 8.73. The lowest BCUT2D eigenvalue weighted by Crippen LogP contribution is -2.24. The van der Waals surface area contributed by atoms with Crippen molar-refractivity contribution in [3.05, 3.63) is 67.8 Å². The molecule has 0 fully saturated rings. The predicted molar refractivity (Wildman–Crippen MR) is 86.4 cm³/mol. The third-order valence-electron chi connectivity index (χ3n) is 4.02. The smallest absolute Gasteiger partial charge is 0.271 e. The number of amides is 1. The van der Waals surface area contributed by atoms with E-state index in [9.17, 15) is 25.0 Å². The average molecular weight is 327 g/mol. The summed E-state index contributed by atoms with van der Waals surface area (Å²) in [5, 5.41) is 22.1. The minimum Gasteiger partial charge on any atom is -0.280 e. The summed E-state index contributed by atoms with van der Waals surface area (Å²) in [5.41, 5.74) is 2.11. The average Bonchev–Trinajstić information content (AvgIpc) is 2.69. The SMILES string of the molecule is CC(=O)N1c2cc([N+](=O)[O-])ccc2CCc2ccc([N+](=O)[O-])cc21. The van der Waals surface area contributed by atoms with Gasteiger partial charge in [-0.2, -0.15) is 0 Å². The first-order valence-corrected chi connectivity index (χ1v) is 7.24. The van der Waals surface area contributed by atoms with E-state index in [1.54, 1.807) is 12.1 Å². The van der Waals surface area contributed by atoms with Crippen LogP contribution < -0.4 is 4.90 Å². The molecule has 1 amide bonds. The van der Waals surface area contributed by atoms with Crippen LogP contribution in [0.2, 0.25) is 0 Å². The number of anilines is 2. The Morgan fingerprint density at radius 1 is 0.917 bits per heavy atom. The number of hydrogen-bond acceptors (Lipinski definition) is 5. The van der Waals surface area contributed by atoms with Crippen molar-refractivity contribution >= 4 is 28.7 Å². The van der Waals surface area contributed by atoms with Crippen molar-refractivity contribution < 1.29 is 14.6 Å². The van der Waals surface area contributed by atoms with Gasteiger partial charge in [0.15, 0.2) is 0 Å². The number of carbonyl (C=O) groups is 1. The van der Waals surface area contributed by atoms with Crippen molar-refractivity contribution in [3.63, 3.8) is 0 Å². The van der Waals surface area contributed by atoms with Gasteiger partial charge in [0.25, 0.3) is 11.4 Å². The van der Waals surface area contributed by atoms with E-state index >= 15 is 0 Å². The van der Waals surface area contributed by atoms with Gasteiger partial charge < -0.3 is 0 Å². The largest absolute Gasteiger partial charge is 0.280 e. The molecule has 0 saturated heterocycles. The topological polar surface area (TPSA) is 107 Å². The summed E-state index contributed by atoms with van der Waals surface area (Å²) in [4.78, 5) is 34.6. The standard InChI is InChI=1S/C16H13N3O5/c1-10(20)17-15-8-13(18(21)22)6-4-11(15)2-3-12-5-7-14(19(23)24)9-16(12)17/h4-9H,2-3H2,1H3. The van der Waals surface area contributed by atoms with Crippen LogP contribution in [0.3, 0.4) is 0 Å². The maximum absolute atomic E-state index is 12.2. The van der Waals surface area contributed by atoms with Gasteiger partial charge in [-0.25, -0.2) is 0 Å². The quantitative estimate of drug-likeness (QED) is 0.621. The monoisotopic (exact) mass is 327 g/mol. The van der Waals surface area contributed by atoms with E-state index in [4.69, 9.17) is 0 Å². The normalized spacial score (nSPS) is 12.8. The summed E-state index contributed by atoms with van der Waals surface area (Å²) < 4.78 is 0. The van der Waals surface area contributed by atoms with Gasteiger partial charge in [-0.1, -0.05) is 12.1 Å². The van der Waals surface area contributed by atoms with E-state index in [-0.39, 0.29) is 17.3 Å². The molecule has 1 aliphatic heterocycles. The number of benzene rings is 2. The Bertz CT molecular complexity index is 813. The van der Waals surface area contributed by atoms with E-state index in [0.717, 1.165) is 11.1 Å². The van der Waals surface area contributed by atoms with Gasteiger partial charge in [0.2, 0.25) is 5.91 Å². The number of aryl methyl sites for hydroxylation is 2. The molecule has 0 aliphatic carbocycles. The van der Waals surface area contributed by atoms with Gasteiger partial charge in [-0.15, -0.1) is 0 Å². The minimum absolute atomic E-state index is 0.131. The number of nitrogens with zero attached hydrogens (tertiary/aromatic N) is 3. The molecular formula is C16H13N3O5. The van der Waals surface area contributed by atoms with E-state index < -0.39 is 9.85 Å². The molecule has 0 N–H and O–H groups in total. The van der Waals surface area contributed by atoms with Gasteiger partial charge in [0, 0.05) is 31.2 Å². The first kappa shape index (κ1) is 15.6. The third-order valence-corrected chi connectivity index (χ3v) is 4.02. The van der Waals surface area contributed by atoms with Crippen molar-refractivity contribution in [1.29, 1.82) is 0 Å². The molecule has 122 valence electrons. The zero-order valence-electron chi connectivity index (χ0n) is 12.8. The highest BCUT2D eigenvalue weighted by Crippen LogP contribution is 2.39. The Hall–Kier alpha value is -3.29. The molecule has 1 aliphatic rings. The second kappa shape index (κ2) is 5.73. The molecule has 0 atom stereocenters. The first-order valence-electron chi connectivity index (χ1n) is 7.24. The Kier molecular flexibility index (Phi) is 3.72. The summed E-state index contributed by atoms with van der Waals surface area (Å²) >= 11 is 0. The van der Waals surface area contributed by atoms with E-state index in [0.29, 0.717) is 24.2 Å². The lowest BCUT2D eigenvalue weighted by atomic mass is 10.0. The molecule has 3 rings (SSSR count). The summed E-state index contributed by atoms with van der Waals surface area (Å²) in [5.74, 6) is -0.361. The second-order valence-corrected chi connectivity index (χ2v) is 5.49. The summed E-state index contributed by atoms with van der Waals surface area (Å²) in [7, 11) is 0. The molecule has 24 heavy (non-hydrogen) atoms. The van der Waals surface area contributed by atoms with Crippen LogP contribution in [0, 0.1) is 20.2 Å².